The average Bonchev–Trinajstić information content (AvgIpc) is 2.55. The third-order valence-electron chi connectivity index (χ3n) is 5.40. The molecule has 6 heteroatoms. The predicted octanol–water partition coefficient (Wildman–Crippen LogP) is 3.49. The topological polar surface area (TPSA) is 76.7 Å². The van der Waals surface area contributed by atoms with E-state index in [4.69, 9.17) is 9.47 Å². The van der Waals surface area contributed by atoms with Gasteiger partial charge in [0.25, 0.3) is 0 Å². The molecule has 0 radical (unpaired) electrons. The number of rotatable bonds is 4. The maximum Gasteiger partial charge on any atom is 0.407 e. The van der Waals surface area contributed by atoms with Crippen LogP contribution in [-0.4, -0.2) is 37.5 Å². The minimum absolute atomic E-state index is 0.288. The van der Waals surface area contributed by atoms with E-state index >= 15 is 0 Å². The molecule has 0 bridgehead atoms. The van der Waals surface area contributed by atoms with Gasteiger partial charge in [0.05, 0.1) is 14.2 Å². The molecule has 0 spiro atoms. The van der Waals surface area contributed by atoms with Crippen molar-refractivity contribution < 1.29 is 19.1 Å². The molecule has 0 saturated heterocycles. The van der Waals surface area contributed by atoms with Crippen LogP contribution in [0.15, 0.2) is 0 Å². The molecule has 0 heterocycles. The van der Waals surface area contributed by atoms with Gasteiger partial charge in [-0.2, -0.15) is 0 Å². The lowest BCUT2D eigenvalue weighted by molar-refractivity contribution is 0.0945. The molecule has 2 rings (SSSR count). The first-order chi connectivity index (χ1) is 11.0. The van der Waals surface area contributed by atoms with E-state index in [0.717, 1.165) is 57.8 Å². The normalized spacial score (nSPS) is 22.7. The van der Waals surface area contributed by atoms with Gasteiger partial charge < -0.3 is 20.1 Å². The molecule has 6 nitrogen and oxygen atoms in total. The molecule has 0 aromatic heterocycles. The van der Waals surface area contributed by atoms with Crippen molar-refractivity contribution in [3.63, 3.8) is 0 Å². The summed E-state index contributed by atoms with van der Waals surface area (Å²) in [6.07, 6.45) is 10.5. The Morgan fingerprint density at radius 3 is 1.39 bits per heavy atom. The Bertz CT molecular complexity index is 375. The second kappa shape index (κ2) is 7.88. The Morgan fingerprint density at radius 1 is 0.739 bits per heavy atom. The van der Waals surface area contributed by atoms with Crippen LogP contribution < -0.4 is 10.6 Å². The highest BCUT2D eigenvalue weighted by atomic mass is 16.5. The minimum atomic E-state index is -0.379. The number of hydrogen-bond acceptors (Lipinski definition) is 4. The largest absolute Gasteiger partial charge is 0.453 e. The monoisotopic (exact) mass is 326 g/mol. The molecule has 2 aliphatic rings. The quantitative estimate of drug-likeness (QED) is 0.829. The van der Waals surface area contributed by atoms with Gasteiger partial charge in [-0.05, 0) is 32.1 Å². The number of amides is 2. The first-order valence-corrected chi connectivity index (χ1v) is 8.75. The fraction of sp³-hybridized carbons (Fsp3) is 0.882. The molecule has 2 fully saturated rings. The van der Waals surface area contributed by atoms with Crippen molar-refractivity contribution in [2.24, 2.45) is 0 Å². The van der Waals surface area contributed by atoms with Gasteiger partial charge >= 0.3 is 12.2 Å². The van der Waals surface area contributed by atoms with Gasteiger partial charge in [-0.3, -0.25) is 0 Å². The van der Waals surface area contributed by atoms with E-state index < -0.39 is 0 Å². The SMILES string of the molecule is COC(=O)NC1(CC2(NC(=O)OC)CCCCC2)CCCCC1. The maximum atomic E-state index is 11.9. The Kier molecular flexibility index (Phi) is 6.13. The standard InChI is InChI=1S/C17H30N2O4/c1-22-14(20)18-16(9-5-3-6-10-16)13-17(19-15(21)23-2)11-7-4-8-12-17/h3-13H2,1-2H3,(H,18,20)(H,19,21). The molecular weight excluding hydrogens is 296 g/mol. The zero-order valence-corrected chi connectivity index (χ0v) is 14.4. The van der Waals surface area contributed by atoms with Gasteiger partial charge in [0.2, 0.25) is 0 Å². The van der Waals surface area contributed by atoms with Crippen LogP contribution >= 0.6 is 0 Å². The molecule has 0 aromatic carbocycles. The molecule has 2 saturated carbocycles. The summed E-state index contributed by atoms with van der Waals surface area (Å²) in [6, 6.07) is 0. The van der Waals surface area contributed by atoms with Gasteiger partial charge in [0.1, 0.15) is 0 Å². The van der Waals surface area contributed by atoms with Gasteiger partial charge in [0.15, 0.2) is 0 Å². The lowest BCUT2D eigenvalue weighted by Crippen LogP contribution is -2.60. The van der Waals surface area contributed by atoms with Crippen LogP contribution in [0.4, 0.5) is 9.59 Å². The summed E-state index contributed by atoms with van der Waals surface area (Å²) in [6.45, 7) is 0. The number of methoxy groups -OCH3 is 2. The van der Waals surface area contributed by atoms with Gasteiger partial charge in [-0.1, -0.05) is 38.5 Å². The van der Waals surface area contributed by atoms with Crippen molar-refractivity contribution >= 4 is 12.2 Å². The van der Waals surface area contributed by atoms with Crippen LogP contribution in [0.25, 0.3) is 0 Å². The molecule has 2 aliphatic carbocycles. The second-order valence-electron chi connectivity index (χ2n) is 7.09. The van der Waals surface area contributed by atoms with Crippen LogP contribution in [0.5, 0.6) is 0 Å². The van der Waals surface area contributed by atoms with Crippen molar-refractivity contribution in [1.82, 2.24) is 10.6 Å². The first kappa shape index (κ1) is 17.9. The molecule has 0 aliphatic heterocycles. The third-order valence-corrected chi connectivity index (χ3v) is 5.40. The minimum Gasteiger partial charge on any atom is -0.453 e. The van der Waals surface area contributed by atoms with Crippen LogP contribution in [0, 0.1) is 0 Å². The Hall–Kier alpha value is -1.46. The predicted molar refractivity (Wildman–Crippen MR) is 87.3 cm³/mol. The summed E-state index contributed by atoms with van der Waals surface area (Å²) in [7, 11) is 2.80. The molecule has 0 aromatic rings. The molecule has 132 valence electrons. The highest BCUT2D eigenvalue weighted by molar-refractivity contribution is 5.69. The van der Waals surface area contributed by atoms with E-state index in [1.54, 1.807) is 0 Å². The number of nitrogens with one attached hydrogen (secondary N) is 2. The summed E-state index contributed by atoms with van der Waals surface area (Å²) >= 11 is 0. The fourth-order valence-corrected chi connectivity index (χ4v) is 4.33. The molecule has 23 heavy (non-hydrogen) atoms. The van der Waals surface area contributed by atoms with E-state index in [1.165, 1.54) is 27.1 Å². The van der Waals surface area contributed by atoms with Crippen LogP contribution in [0.1, 0.15) is 70.6 Å². The number of carbonyl (C=O) groups excluding carboxylic acids is 2. The van der Waals surface area contributed by atoms with Crippen LogP contribution in [0.3, 0.4) is 0 Å². The number of alkyl carbamates (subject to hydrolysis) is 2. The molecule has 2 N–H and O–H groups in total. The Morgan fingerprint density at radius 2 is 1.09 bits per heavy atom. The average molecular weight is 326 g/mol. The van der Waals surface area contributed by atoms with Crippen molar-refractivity contribution in [3.05, 3.63) is 0 Å². The maximum absolute atomic E-state index is 11.9. The first-order valence-electron chi connectivity index (χ1n) is 8.75. The summed E-state index contributed by atoms with van der Waals surface area (Å²) < 4.78 is 9.68. The lowest BCUT2D eigenvalue weighted by atomic mass is 9.68. The van der Waals surface area contributed by atoms with Crippen LogP contribution in [-0.2, 0) is 9.47 Å². The van der Waals surface area contributed by atoms with E-state index in [0.29, 0.717) is 0 Å². The van der Waals surface area contributed by atoms with Crippen molar-refractivity contribution in [2.45, 2.75) is 81.7 Å². The van der Waals surface area contributed by atoms with Crippen molar-refractivity contribution in [3.8, 4) is 0 Å². The summed E-state index contributed by atoms with van der Waals surface area (Å²) in [5.74, 6) is 0. The summed E-state index contributed by atoms with van der Waals surface area (Å²) in [5, 5.41) is 6.18. The molecule has 0 unspecified atom stereocenters. The summed E-state index contributed by atoms with van der Waals surface area (Å²) in [5.41, 5.74) is -0.576. The second-order valence-corrected chi connectivity index (χ2v) is 7.09. The Balaban J connectivity index is 2.18. The van der Waals surface area contributed by atoms with E-state index in [1.807, 2.05) is 0 Å². The fourth-order valence-electron chi connectivity index (χ4n) is 4.33. The highest BCUT2D eigenvalue weighted by Crippen LogP contribution is 2.41. The Labute approximate surface area is 138 Å². The lowest BCUT2D eigenvalue weighted by Gasteiger charge is -2.47. The molecular formula is C17H30N2O4. The molecule has 2 amide bonds. The van der Waals surface area contributed by atoms with Gasteiger partial charge in [0, 0.05) is 11.1 Å². The van der Waals surface area contributed by atoms with Gasteiger partial charge in [-0.15, -0.1) is 0 Å². The zero-order valence-electron chi connectivity index (χ0n) is 14.4. The zero-order chi connectivity index (χ0) is 16.8. The van der Waals surface area contributed by atoms with E-state index in [9.17, 15) is 9.59 Å². The third kappa shape index (κ3) is 4.75. The van der Waals surface area contributed by atoms with Crippen molar-refractivity contribution in [2.75, 3.05) is 14.2 Å². The van der Waals surface area contributed by atoms with Gasteiger partial charge in [-0.25, -0.2) is 9.59 Å². The number of hydrogen-bond donors (Lipinski definition) is 2. The van der Waals surface area contributed by atoms with Crippen LogP contribution in [0.2, 0.25) is 0 Å². The molecule has 0 atom stereocenters. The van der Waals surface area contributed by atoms with E-state index in [-0.39, 0.29) is 23.3 Å². The van der Waals surface area contributed by atoms with Crippen molar-refractivity contribution in [1.29, 1.82) is 0 Å². The number of ether oxygens (including phenoxy) is 2. The number of carbonyl (C=O) groups is 2. The summed E-state index contributed by atoms with van der Waals surface area (Å²) in [4.78, 5) is 23.7. The highest BCUT2D eigenvalue weighted by Gasteiger charge is 2.44. The van der Waals surface area contributed by atoms with E-state index in [2.05, 4.69) is 10.6 Å². The smallest absolute Gasteiger partial charge is 0.407 e.